The van der Waals surface area contributed by atoms with E-state index in [2.05, 4.69) is 10.6 Å². The van der Waals surface area contributed by atoms with Gasteiger partial charge in [0.2, 0.25) is 11.8 Å². The predicted molar refractivity (Wildman–Crippen MR) is 80.0 cm³/mol. The number of halogens is 1. The Morgan fingerprint density at radius 1 is 1.55 bits per heavy atom. The highest BCUT2D eigenvalue weighted by atomic mass is 35.5. The number of amides is 2. The molecule has 0 radical (unpaired) electrons. The maximum absolute atomic E-state index is 12.2. The number of rotatable bonds is 7. The van der Waals surface area contributed by atoms with E-state index < -0.39 is 6.04 Å². The lowest BCUT2D eigenvalue weighted by Crippen LogP contribution is -2.57. The van der Waals surface area contributed by atoms with Crippen molar-refractivity contribution in [3.63, 3.8) is 0 Å². The van der Waals surface area contributed by atoms with Gasteiger partial charge in [0, 0.05) is 32.3 Å². The minimum absolute atomic E-state index is 0. The van der Waals surface area contributed by atoms with Gasteiger partial charge in [0.15, 0.2) is 0 Å². The van der Waals surface area contributed by atoms with E-state index in [4.69, 9.17) is 4.74 Å². The van der Waals surface area contributed by atoms with E-state index in [1.165, 1.54) is 0 Å². The van der Waals surface area contributed by atoms with Crippen molar-refractivity contribution in [3.05, 3.63) is 0 Å². The van der Waals surface area contributed by atoms with E-state index in [0.29, 0.717) is 26.3 Å². The lowest BCUT2D eigenvalue weighted by molar-refractivity contribution is -0.139. The number of carbonyl (C=O) groups is 2. The first-order valence-corrected chi connectivity index (χ1v) is 6.93. The van der Waals surface area contributed by atoms with Gasteiger partial charge in [-0.1, -0.05) is 0 Å². The first-order valence-electron chi connectivity index (χ1n) is 6.93. The first kappa shape index (κ1) is 19.1. The molecule has 0 aromatic carbocycles. The van der Waals surface area contributed by atoms with Crippen LogP contribution >= 0.6 is 12.4 Å². The van der Waals surface area contributed by atoms with Crippen LogP contribution in [-0.2, 0) is 14.3 Å². The Kier molecular flexibility index (Phi) is 9.54. The number of ether oxygens (including phenoxy) is 1. The highest BCUT2D eigenvalue weighted by Gasteiger charge is 2.29. The van der Waals surface area contributed by atoms with Crippen molar-refractivity contribution >= 4 is 24.2 Å². The fraction of sp³-hybridized carbons (Fsp3) is 0.846. The second-order valence-electron chi connectivity index (χ2n) is 4.96. The zero-order valence-corrected chi connectivity index (χ0v) is 13.3. The molecule has 1 aliphatic rings. The molecular weight excluding hydrogens is 282 g/mol. The molecule has 0 aromatic heterocycles. The summed E-state index contributed by atoms with van der Waals surface area (Å²) in [4.78, 5) is 25.6. The molecule has 1 aliphatic heterocycles. The fourth-order valence-electron chi connectivity index (χ4n) is 2.06. The van der Waals surface area contributed by atoms with E-state index in [1.807, 2.05) is 20.8 Å². The minimum atomic E-state index is -0.408. The molecule has 2 amide bonds. The summed E-state index contributed by atoms with van der Waals surface area (Å²) in [5.41, 5.74) is 0. The predicted octanol–water partition coefficient (Wildman–Crippen LogP) is 0.160. The van der Waals surface area contributed by atoms with E-state index in [1.54, 1.807) is 4.90 Å². The summed E-state index contributed by atoms with van der Waals surface area (Å²) in [6, 6.07) is -0.311. The first-order chi connectivity index (χ1) is 9.04. The molecule has 0 aromatic rings. The third kappa shape index (κ3) is 6.54. The number of piperazine rings is 1. The van der Waals surface area contributed by atoms with Crippen molar-refractivity contribution < 1.29 is 14.3 Å². The summed E-state index contributed by atoms with van der Waals surface area (Å²) >= 11 is 0. The third-order valence-electron chi connectivity index (χ3n) is 2.93. The van der Waals surface area contributed by atoms with Crippen molar-refractivity contribution in [1.29, 1.82) is 0 Å². The van der Waals surface area contributed by atoms with Crippen LogP contribution < -0.4 is 10.6 Å². The molecule has 0 bridgehead atoms. The summed E-state index contributed by atoms with van der Waals surface area (Å²) in [7, 11) is 0. The fourth-order valence-corrected chi connectivity index (χ4v) is 2.06. The maximum Gasteiger partial charge on any atom is 0.240 e. The van der Waals surface area contributed by atoms with Gasteiger partial charge in [0.1, 0.15) is 0 Å². The van der Waals surface area contributed by atoms with Crippen LogP contribution in [0.15, 0.2) is 0 Å². The summed E-state index contributed by atoms with van der Waals surface area (Å²) in [5.74, 6) is -0.0997. The van der Waals surface area contributed by atoms with Gasteiger partial charge in [-0.3, -0.25) is 9.59 Å². The number of hydrogen-bond acceptors (Lipinski definition) is 4. The number of nitrogens with zero attached hydrogens (tertiary/aromatic N) is 1. The average molecular weight is 308 g/mol. The van der Waals surface area contributed by atoms with Gasteiger partial charge in [-0.05, 0) is 20.8 Å². The summed E-state index contributed by atoms with van der Waals surface area (Å²) in [6.07, 6.45) is 0.197. The molecule has 0 aliphatic carbocycles. The highest BCUT2D eigenvalue weighted by molar-refractivity contribution is 5.89. The summed E-state index contributed by atoms with van der Waals surface area (Å²) in [6.45, 7) is 8.93. The lowest BCUT2D eigenvalue weighted by Gasteiger charge is -2.33. The van der Waals surface area contributed by atoms with Crippen LogP contribution in [0.25, 0.3) is 0 Å². The SMILES string of the molecule is CCOCCN1CCNC(CC(=O)NC(C)C)C1=O.Cl. The molecule has 7 heteroatoms. The summed E-state index contributed by atoms with van der Waals surface area (Å²) in [5, 5.41) is 5.90. The Morgan fingerprint density at radius 3 is 2.85 bits per heavy atom. The van der Waals surface area contributed by atoms with Crippen LogP contribution in [0, 0.1) is 0 Å². The van der Waals surface area contributed by atoms with Gasteiger partial charge >= 0.3 is 0 Å². The number of nitrogens with one attached hydrogen (secondary N) is 2. The van der Waals surface area contributed by atoms with Gasteiger partial charge in [-0.15, -0.1) is 12.4 Å². The minimum Gasteiger partial charge on any atom is -0.380 e. The monoisotopic (exact) mass is 307 g/mol. The van der Waals surface area contributed by atoms with Gasteiger partial charge in [0.05, 0.1) is 19.1 Å². The molecular formula is C13H26ClN3O3. The van der Waals surface area contributed by atoms with Gasteiger partial charge in [-0.25, -0.2) is 0 Å². The number of hydrogen-bond donors (Lipinski definition) is 2. The standard InChI is InChI=1S/C13H25N3O3.ClH/c1-4-19-8-7-16-6-5-14-11(13(16)18)9-12(17)15-10(2)3;/h10-11,14H,4-9H2,1-3H3,(H,15,17);1H. The molecule has 6 nitrogen and oxygen atoms in total. The molecule has 1 saturated heterocycles. The Bertz CT molecular complexity index is 313. The normalized spacial score (nSPS) is 18.9. The van der Waals surface area contributed by atoms with E-state index >= 15 is 0 Å². The van der Waals surface area contributed by atoms with Crippen molar-refractivity contribution in [2.45, 2.75) is 39.3 Å². The zero-order chi connectivity index (χ0) is 14.3. The molecule has 1 unspecified atom stereocenters. The molecule has 2 N–H and O–H groups in total. The van der Waals surface area contributed by atoms with Crippen molar-refractivity contribution in [2.24, 2.45) is 0 Å². The number of carbonyl (C=O) groups excluding carboxylic acids is 2. The van der Waals surface area contributed by atoms with Gasteiger partial charge in [0.25, 0.3) is 0 Å². The van der Waals surface area contributed by atoms with Crippen LogP contribution in [-0.4, -0.2) is 61.6 Å². The third-order valence-corrected chi connectivity index (χ3v) is 2.93. The van der Waals surface area contributed by atoms with E-state index in [-0.39, 0.29) is 36.7 Å². The molecule has 0 spiro atoms. The van der Waals surface area contributed by atoms with Crippen LogP contribution in [0.1, 0.15) is 27.2 Å². The molecule has 1 heterocycles. The lowest BCUT2D eigenvalue weighted by atomic mass is 10.1. The van der Waals surface area contributed by atoms with Crippen LogP contribution in [0.3, 0.4) is 0 Å². The summed E-state index contributed by atoms with van der Waals surface area (Å²) < 4.78 is 5.26. The van der Waals surface area contributed by atoms with E-state index in [9.17, 15) is 9.59 Å². The average Bonchev–Trinajstić information content (AvgIpc) is 2.33. The topological polar surface area (TPSA) is 70.7 Å². The Hall–Kier alpha value is -0.850. The van der Waals surface area contributed by atoms with Crippen LogP contribution in [0.2, 0.25) is 0 Å². The molecule has 1 rings (SSSR count). The molecule has 0 saturated carbocycles. The molecule has 118 valence electrons. The zero-order valence-electron chi connectivity index (χ0n) is 12.5. The van der Waals surface area contributed by atoms with Gasteiger partial charge in [-0.2, -0.15) is 0 Å². The maximum atomic E-state index is 12.2. The van der Waals surface area contributed by atoms with Crippen molar-refractivity contribution in [1.82, 2.24) is 15.5 Å². The van der Waals surface area contributed by atoms with E-state index in [0.717, 1.165) is 6.54 Å². The Balaban J connectivity index is 0.00000361. The smallest absolute Gasteiger partial charge is 0.240 e. The van der Waals surface area contributed by atoms with Crippen LogP contribution in [0.4, 0.5) is 0 Å². The van der Waals surface area contributed by atoms with Crippen molar-refractivity contribution in [3.8, 4) is 0 Å². The Morgan fingerprint density at radius 2 is 2.25 bits per heavy atom. The second-order valence-corrected chi connectivity index (χ2v) is 4.96. The quantitative estimate of drug-likeness (QED) is 0.657. The molecule has 20 heavy (non-hydrogen) atoms. The molecule has 1 fully saturated rings. The van der Waals surface area contributed by atoms with Crippen LogP contribution in [0.5, 0.6) is 0 Å². The molecule has 1 atom stereocenters. The highest BCUT2D eigenvalue weighted by Crippen LogP contribution is 2.05. The van der Waals surface area contributed by atoms with Gasteiger partial charge < -0.3 is 20.3 Å². The second kappa shape index (κ2) is 9.96. The Labute approximate surface area is 127 Å². The largest absolute Gasteiger partial charge is 0.380 e. The van der Waals surface area contributed by atoms with Crippen molar-refractivity contribution in [2.75, 3.05) is 32.8 Å².